The Labute approximate surface area is 107 Å². The summed E-state index contributed by atoms with van der Waals surface area (Å²) in [6, 6.07) is 10.0. The van der Waals surface area contributed by atoms with Crippen LogP contribution in [0.5, 0.6) is 0 Å². The van der Waals surface area contributed by atoms with Gasteiger partial charge in [-0.1, -0.05) is 37.1 Å². The van der Waals surface area contributed by atoms with Gasteiger partial charge in [0.1, 0.15) is 5.82 Å². The predicted molar refractivity (Wildman–Crippen MR) is 74.0 cm³/mol. The highest BCUT2D eigenvalue weighted by Gasteiger charge is 2.06. The topological polar surface area (TPSA) is 63.8 Å². The maximum atomic E-state index is 5.45. The lowest BCUT2D eigenvalue weighted by Crippen LogP contribution is -2.10. The van der Waals surface area contributed by atoms with Gasteiger partial charge in [0.2, 0.25) is 0 Å². The molecule has 4 nitrogen and oxygen atoms in total. The molecular weight excluding hydrogens is 224 g/mol. The molecule has 0 aliphatic heterocycles. The Morgan fingerprint density at radius 2 is 2.06 bits per heavy atom. The molecule has 2 rings (SSSR count). The van der Waals surface area contributed by atoms with E-state index < -0.39 is 0 Å². The number of hydrogen-bond acceptors (Lipinski definition) is 4. The van der Waals surface area contributed by atoms with E-state index in [-0.39, 0.29) is 0 Å². The number of nitrogens with two attached hydrogens (primary N) is 1. The summed E-state index contributed by atoms with van der Waals surface area (Å²) in [5, 5.41) is 0. The SMILES string of the molecule is CCCc1cc(NN)nc(-c2cccc(C)c2)n1. The molecule has 0 amide bonds. The molecule has 4 heteroatoms. The Morgan fingerprint density at radius 3 is 2.72 bits per heavy atom. The average molecular weight is 242 g/mol. The molecule has 0 saturated heterocycles. The van der Waals surface area contributed by atoms with E-state index >= 15 is 0 Å². The minimum Gasteiger partial charge on any atom is -0.308 e. The van der Waals surface area contributed by atoms with Crippen LogP contribution in [0, 0.1) is 6.92 Å². The first-order valence-corrected chi connectivity index (χ1v) is 6.14. The van der Waals surface area contributed by atoms with Crippen molar-refractivity contribution in [3.05, 3.63) is 41.6 Å². The maximum Gasteiger partial charge on any atom is 0.161 e. The first-order chi connectivity index (χ1) is 8.72. The van der Waals surface area contributed by atoms with Gasteiger partial charge in [-0.25, -0.2) is 15.8 Å². The van der Waals surface area contributed by atoms with Crippen molar-refractivity contribution in [1.29, 1.82) is 0 Å². The van der Waals surface area contributed by atoms with Gasteiger partial charge in [-0.05, 0) is 19.4 Å². The summed E-state index contributed by atoms with van der Waals surface area (Å²) in [5.74, 6) is 6.83. The number of rotatable bonds is 4. The molecule has 0 unspecified atom stereocenters. The minimum absolute atomic E-state index is 0.657. The van der Waals surface area contributed by atoms with Gasteiger partial charge in [0, 0.05) is 17.3 Å². The third-order valence-corrected chi connectivity index (χ3v) is 2.71. The zero-order valence-corrected chi connectivity index (χ0v) is 10.8. The van der Waals surface area contributed by atoms with Crippen LogP contribution in [0.2, 0.25) is 0 Å². The summed E-state index contributed by atoms with van der Waals surface area (Å²) in [4.78, 5) is 8.97. The Balaban J connectivity index is 2.46. The van der Waals surface area contributed by atoms with E-state index in [9.17, 15) is 0 Å². The van der Waals surface area contributed by atoms with Crippen molar-refractivity contribution in [1.82, 2.24) is 9.97 Å². The van der Waals surface area contributed by atoms with Gasteiger partial charge < -0.3 is 5.43 Å². The van der Waals surface area contributed by atoms with Crippen molar-refractivity contribution in [2.75, 3.05) is 5.43 Å². The van der Waals surface area contributed by atoms with E-state index in [1.54, 1.807) is 0 Å². The molecule has 1 aromatic carbocycles. The van der Waals surface area contributed by atoms with E-state index in [0.29, 0.717) is 5.82 Å². The normalized spacial score (nSPS) is 10.4. The van der Waals surface area contributed by atoms with Crippen LogP contribution in [0.4, 0.5) is 5.82 Å². The summed E-state index contributed by atoms with van der Waals surface area (Å²) < 4.78 is 0. The van der Waals surface area contributed by atoms with Gasteiger partial charge in [0.25, 0.3) is 0 Å². The molecule has 0 fully saturated rings. The zero-order valence-electron chi connectivity index (χ0n) is 10.8. The van der Waals surface area contributed by atoms with Crippen LogP contribution in [0.3, 0.4) is 0 Å². The average Bonchev–Trinajstić information content (AvgIpc) is 2.39. The lowest BCUT2D eigenvalue weighted by molar-refractivity contribution is 0.875. The molecule has 0 spiro atoms. The summed E-state index contributed by atoms with van der Waals surface area (Å²) in [6.07, 6.45) is 1.98. The maximum absolute atomic E-state index is 5.45. The molecule has 1 aromatic heterocycles. The van der Waals surface area contributed by atoms with E-state index in [2.05, 4.69) is 41.4 Å². The molecule has 0 aliphatic carbocycles. The number of anilines is 1. The van der Waals surface area contributed by atoms with Gasteiger partial charge in [0.05, 0.1) is 0 Å². The highest BCUT2D eigenvalue weighted by molar-refractivity contribution is 5.58. The Morgan fingerprint density at radius 1 is 1.22 bits per heavy atom. The second kappa shape index (κ2) is 5.60. The molecule has 2 aromatic rings. The molecule has 1 heterocycles. The number of aryl methyl sites for hydroxylation is 2. The highest BCUT2D eigenvalue weighted by Crippen LogP contribution is 2.19. The van der Waals surface area contributed by atoms with Crippen molar-refractivity contribution >= 4 is 5.82 Å². The number of hydrogen-bond donors (Lipinski definition) is 2. The summed E-state index contributed by atoms with van der Waals surface area (Å²) in [5.41, 5.74) is 5.82. The molecule has 0 saturated carbocycles. The number of nitrogen functional groups attached to an aromatic ring is 1. The van der Waals surface area contributed by atoms with E-state index in [0.717, 1.165) is 29.9 Å². The van der Waals surface area contributed by atoms with Gasteiger partial charge in [-0.2, -0.15) is 0 Å². The third-order valence-electron chi connectivity index (χ3n) is 2.71. The van der Waals surface area contributed by atoms with Gasteiger partial charge in [0.15, 0.2) is 5.82 Å². The van der Waals surface area contributed by atoms with Gasteiger partial charge in [-0.3, -0.25) is 0 Å². The molecule has 0 radical (unpaired) electrons. The lowest BCUT2D eigenvalue weighted by Gasteiger charge is -2.07. The third kappa shape index (κ3) is 2.84. The Kier molecular flexibility index (Phi) is 3.89. The predicted octanol–water partition coefficient (Wildman–Crippen LogP) is 2.69. The van der Waals surface area contributed by atoms with Crippen LogP contribution in [0.25, 0.3) is 11.4 Å². The Bertz CT molecular complexity index is 537. The van der Waals surface area contributed by atoms with Gasteiger partial charge in [-0.15, -0.1) is 0 Å². The number of hydrazine groups is 1. The van der Waals surface area contributed by atoms with Crippen LogP contribution >= 0.6 is 0 Å². The fourth-order valence-electron chi connectivity index (χ4n) is 1.87. The highest BCUT2D eigenvalue weighted by atomic mass is 15.3. The fraction of sp³-hybridized carbons (Fsp3) is 0.286. The summed E-state index contributed by atoms with van der Waals surface area (Å²) in [6.45, 7) is 4.19. The van der Waals surface area contributed by atoms with Crippen molar-refractivity contribution in [3.8, 4) is 11.4 Å². The van der Waals surface area contributed by atoms with Crippen LogP contribution in [-0.2, 0) is 6.42 Å². The van der Waals surface area contributed by atoms with Crippen LogP contribution < -0.4 is 11.3 Å². The van der Waals surface area contributed by atoms with Crippen molar-refractivity contribution in [3.63, 3.8) is 0 Å². The fourth-order valence-corrected chi connectivity index (χ4v) is 1.87. The Hall–Kier alpha value is -1.94. The number of nitrogens with one attached hydrogen (secondary N) is 1. The van der Waals surface area contributed by atoms with Crippen molar-refractivity contribution in [2.24, 2.45) is 5.84 Å². The molecule has 0 bridgehead atoms. The van der Waals surface area contributed by atoms with E-state index in [1.807, 2.05) is 18.2 Å². The largest absolute Gasteiger partial charge is 0.308 e. The van der Waals surface area contributed by atoms with Gasteiger partial charge >= 0.3 is 0 Å². The monoisotopic (exact) mass is 242 g/mol. The first-order valence-electron chi connectivity index (χ1n) is 6.14. The van der Waals surface area contributed by atoms with Crippen molar-refractivity contribution < 1.29 is 0 Å². The van der Waals surface area contributed by atoms with Crippen LogP contribution in [-0.4, -0.2) is 9.97 Å². The molecule has 94 valence electrons. The molecule has 0 atom stereocenters. The molecule has 0 aliphatic rings. The van der Waals surface area contributed by atoms with E-state index in [4.69, 9.17) is 5.84 Å². The lowest BCUT2D eigenvalue weighted by atomic mass is 10.1. The quantitative estimate of drug-likeness (QED) is 0.639. The molecule has 18 heavy (non-hydrogen) atoms. The smallest absolute Gasteiger partial charge is 0.161 e. The van der Waals surface area contributed by atoms with Crippen molar-refractivity contribution in [2.45, 2.75) is 26.7 Å². The van der Waals surface area contributed by atoms with E-state index in [1.165, 1.54) is 5.56 Å². The standard InChI is InChI=1S/C14H18N4/c1-3-5-12-9-13(18-15)17-14(16-12)11-7-4-6-10(2)8-11/h4,6-9H,3,5,15H2,1-2H3,(H,16,17,18). The second-order valence-electron chi connectivity index (χ2n) is 4.33. The minimum atomic E-state index is 0.657. The molecular formula is C14H18N4. The number of aromatic nitrogens is 2. The number of nitrogens with zero attached hydrogens (tertiary/aromatic N) is 2. The second-order valence-corrected chi connectivity index (χ2v) is 4.33. The zero-order chi connectivity index (χ0) is 13.0. The van der Waals surface area contributed by atoms with Crippen LogP contribution in [0.15, 0.2) is 30.3 Å². The first kappa shape index (κ1) is 12.5. The summed E-state index contributed by atoms with van der Waals surface area (Å²) in [7, 11) is 0. The molecule has 3 N–H and O–H groups in total. The van der Waals surface area contributed by atoms with Crippen LogP contribution in [0.1, 0.15) is 24.6 Å². The number of benzene rings is 1. The summed E-state index contributed by atoms with van der Waals surface area (Å²) >= 11 is 0.